The Bertz CT molecular complexity index is 348. The predicted molar refractivity (Wildman–Crippen MR) is 67.5 cm³/mol. The summed E-state index contributed by atoms with van der Waals surface area (Å²) in [6.07, 6.45) is 6.09. The molecule has 0 aliphatic carbocycles. The van der Waals surface area contributed by atoms with Crippen molar-refractivity contribution in [2.24, 2.45) is 5.92 Å². The minimum absolute atomic E-state index is 0.193. The van der Waals surface area contributed by atoms with Gasteiger partial charge < -0.3 is 11.1 Å². The van der Waals surface area contributed by atoms with Gasteiger partial charge in [-0.2, -0.15) is 0 Å². The fraction of sp³-hybridized carbons (Fsp3) is 0.583. The van der Waals surface area contributed by atoms with Gasteiger partial charge in [0, 0.05) is 6.54 Å². The van der Waals surface area contributed by atoms with E-state index in [9.17, 15) is 4.79 Å². The Balaban J connectivity index is 2.23. The molecule has 0 fully saturated rings. The van der Waals surface area contributed by atoms with E-state index in [4.69, 9.17) is 5.73 Å². The number of nitrogen functional groups attached to an aromatic ring is 1. The molecular weight excluding hydrogens is 216 g/mol. The summed E-state index contributed by atoms with van der Waals surface area (Å²) in [4.78, 5) is 19.3. The average Bonchev–Trinajstić information content (AvgIpc) is 2.29. The van der Waals surface area contributed by atoms with Crippen LogP contribution in [0.25, 0.3) is 0 Å². The molecule has 0 radical (unpaired) electrons. The van der Waals surface area contributed by atoms with Crippen LogP contribution >= 0.6 is 0 Å². The lowest BCUT2D eigenvalue weighted by molar-refractivity contribution is 0.0947. The highest BCUT2D eigenvalue weighted by Gasteiger charge is 2.06. The maximum absolute atomic E-state index is 11.6. The molecule has 0 unspecified atom stereocenters. The van der Waals surface area contributed by atoms with Crippen LogP contribution in [-0.4, -0.2) is 22.4 Å². The molecular formula is C12H20N4O. The topological polar surface area (TPSA) is 80.9 Å². The highest BCUT2D eigenvalue weighted by Crippen LogP contribution is 2.05. The van der Waals surface area contributed by atoms with E-state index in [2.05, 4.69) is 29.1 Å². The second-order valence-corrected chi connectivity index (χ2v) is 4.47. The number of nitrogens with two attached hydrogens (primary N) is 1. The second-order valence-electron chi connectivity index (χ2n) is 4.47. The molecule has 1 heterocycles. The molecule has 3 N–H and O–H groups in total. The van der Waals surface area contributed by atoms with Gasteiger partial charge in [-0.25, -0.2) is 9.97 Å². The number of anilines is 1. The average molecular weight is 236 g/mol. The number of hydrogen-bond donors (Lipinski definition) is 2. The van der Waals surface area contributed by atoms with Crippen LogP contribution in [0.2, 0.25) is 0 Å². The third-order valence-corrected chi connectivity index (χ3v) is 2.40. The van der Waals surface area contributed by atoms with Crippen molar-refractivity contribution in [3.8, 4) is 0 Å². The number of carbonyl (C=O) groups excluding carboxylic acids is 1. The summed E-state index contributed by atoms with van der Waals surface area (Å²) in [5.41, 5.74) is 5.70. The molecule has 5 nitrogen and oxygen atoms in total. The number of unbranched alkanes of at least 4 members (excludes halogenated alkanes) is 1. The van der Waals surface area contributed by atoms with Gasteiger partial charge in [0.2, 0.25) is 0 Å². The Kier molecular flexibility index (Phi) is 5.39. The Morgan fingerprint density at radius 3 is 2.71 bits per heavy atom. The molecule has 0 bridgehead atoms. The molecule has 1 aromatic heterocycles. The fourth-order valence-corrected chi connectivity index (χ4v) is 1.43. The Hall–Kier alpha value is -1.65. The van der Waals surface area contributed by atoms with Gasteiger partial charge in [0.25, 0.3) is 5.91 Å². The van der Waals surface area contributed by atoms with Crippen molar-refractivity contribution in [2.45, 2.75) is 33.1 Å². The van der Waals surface area contributed by atoms with Crippen LogP contribution in [0, 0.1) is 5.92 Å². The summed E-state index contributed by atoms with van der Waals surface area (Å²) in [5, 5.41) is 2.81. The first kappa shape index (κ1) is 13.4. The number of amides is 1. The maximum Gasteiger partial charge on any atom is 0.271 e. The van der Waals surface area contributed by atoms with Gasteiger partial charge in [-0.05, 0) is 12.3 Å². The Labute approximate surface area is 102 Å². The van der Waals surface area contributed by atoms with Crippen molar-refractivity contribution in [3.63, 3.8) is 0 Å². The van der Waals surface area contributed by atoms with E-state index >= 15 is 0 Å². The van der Waals surface area contributed by atoms with Gasteiger partial charge in [0.05, 0.1) is 12.4 Å². The van der Waals surface area contributed by atoms with Crippen LogP contribution in [0.4, 0.5) is 5.82 Å². The summed E-state index contributed by atoms with van der Waals surface area (Å²) < 4.78 is 0. The molecule has 0 aliphatic heterocycles. The zero-order valence-electron chi connectivity index (χ0n) is 10.4. The minimum atomic E-state index is -0.193. The third kappa shape index (κ3) is 5.29. The quantitative estimate of drug-likeness (QED) is 0.735. The van der Waals surface area contributed by atoms with Crippen LogP contribution in [0.1, 0.15) is 43.6 Å². The third-order valence-electron chi connectivity index (χ3n) is 2.40. The van der Waals surface area contributed by atoms with Gasteiger partial charge in [-0.1, -0.05) is 26.7 Å². The minimum Gasteiger partial charge on any atom is -0.382 e. The van der Waals surface area contributed by atoms with E-state index in [-0.39, 0.29) is 5.91 Å². The predicted octanol–water partition coefficient (Wildman–Crippen LogP) is 1.61. The van der Waals surface area contributed by atoms with Crippen LogP contribution in [0.3, 0.4) is 0 Å². The van der Waals surface area contributed by atoms with Gasteiger partial charge in [0.15, 0.2) is 0 Å². The standard InChI is InChI=1S/C12H20N4O/c1-9(2)5-3-4-6-14-12(17)10-7-16-11(13)8-15-10/h7-9H,3-6H2,1-2H3,(H2,13,16)(H,14,17). The lowest BCUT2D eigenvalue weighted by Crippen LogP contribution is -2.25. The molecule has 1 aromatic rings. The lowest BCUT2D eigenvalue weighted by Gasteiger charge is -2.06. The first-order chi connectivity index (χ1) is 8.09. The molecule has 5 heteroatoms. The highest BCUT2D eigenvalue weighted by atomic mass is 16.1. The zero-order chi connectivity index (χ0) is 12.7. The molecule has 1 rings (SSSR count). The van der Waals surface area contributed by atoms with E-state index in [0.29, 0.717) is 24.0 Å². The Morgan fingerprint density at radius 1 is 1.35 bits per heavy atom. The molecule has 0 atom stereocenters. The molecule has 1 amide bonds. The van der Waals surface area contributed by atoms with E-state index in [1.165, 1.54) is 18.8 Å². The number of carbonyl (C=O) groups is 1. The first-order valence-corrected chi connectivity index (χ1v) is 5.95. The summed E-state index contributed by atoms with van der Waals surface area (Å²) in [5.74, 6) is 0.842. The molecule has 94 valence electrons. The zero-order valence-corrected chi connectivity index (χ0v) is 10.4. The van der Waals surface area contributed by atoms with Crippen molar-refractivity contribution in [1.29, 1.82) is 0 Å². The lowest BCUT2D eigenvalue weighted by atomic mass is 10.1. The van der Waals surface area contributed by atoms with Crippen LogP contribution in [-0.2, 0) is 0 Å². The number of nitrogens with one attached hydrogen (secondary N) is 1. The van der Waals surface area contributed by atoms with Gasteiger partial charge in [0.1, 0.15) is 11.5 Å². The summed E-state index contributed by atoms with van der Waals surface area (Å²) in [6.45, 7) is 5.07. The van der Waals surface area contributed by atoms with Gasteiger partial charge in [-0.3, -0.25) is 4.79 Å². The van der Waals surface area contributed by atoms with Crippen molar-refractivity contribution < 1.29 is 4.79 Å². The van der Waals surface area contributed by atoms with E-state index in [1.807, 2.05) is 0 Å². The number of rotatable bonds is 6. The fourth-order valence-electron chi connectivity index (χ4n) is 1.43. The Morgan fingerprint density at radius 2 is 2.12 bits per heavy atom. The van der Waals surface area contributed by atoms with Crippen LogP contribution in [0.15, 0.2) is 12.4 Å². The van der Waals surface area contributed by atoms with Gasteiger partial charge >= 0.3 is 0 Å². The van der Waals surface area contributed by atoms with Crippen molar-refractivity contribution in [3.05, 3.63) is 18.1 Å². The molecule has 17 heavy (non-hydrogen) atoms. The number of aromatic nitrogens is 2. The van der Waals surface area contributed by atoms with Gasteiger partial charge in [-0.15, -0.1) is 0 Å². The number of nitrogens with zero attached hydrogens (tertiary/aromatic N) is 2. The SMILES string of the molecule is CC(C)CCCCNC(=O)c1cnc(N)cn1. The maximum atomic E-state index is 11.6. The van der Waals surface area contributed by atoms with E-state index in [1.54, 1.807) is 0 Å². The summed E-state index contributed by atoms with van der Waals surface area (Å²) >= 11 is 0. The van der Waals surface area contributed by atoms with E-state index < -0.39 is 0 Å². The monoisotopic (exact) mass is 236 g/mol. The largest absolute Gasteiger partial charge is 0.382 e. The second kappa shape index (κ2) is 6.83. The van der Waals surface area contributed by atoms with Crippen LogP contribution < -0.4 is 11.1 Å². The summed E-state index contributed by atoms with van der Waals surface area (Å²) in [7, 11) is 0. The summed E-state index contributed by atoms with van der Waals surface area (Å²) in [6, 6.07) is 0. The molecule has 0 aliphatic rings. The highest BCUT2D eigenvalue weighted by molar-refractivity contribution is 5.91. The molecule has 0 aromatic carbocycles. The van der Waals surface area contributed by atoms with Crippen molar-refractivity contribution in [2.75, 3.05) is 12.3 Å². The van der Waals surface area contributed by atoms with Crippen LogP contribution in [0.5, 0.6) is 0 Å². The molecule has 0 spiro atoms. The van der Waals surface area contributed by atoms with Crippen molar-refractivity contribution >= 4 is 11.7 Å². The number of hydrogen-bond acceptors (Lipinski definition) is 4. The van der Waals surface area contributed by atoms with E-state index in [0.717, 1.165) is 12.8 Å². The molecule has 0 saturated heterocycles. The smallest absolute Gasteiger partial charge is 0.271 e. The normalized spacial score (nSPS) is 10.5. The van der Waals surface area contributed by atoms with Crippen molar-refractivity contribution in [1.82, 2.24) is 15.3 Å². The molecule has 0 saturated carbocycles. The first-order valence-electron chi connectivity index (χ1n) is 5.95.